The fourth-order valence-electron chi connectivity index (χ4n) is 3.67. The molecule has 178 valence electrons. The molecule has 0 saturated heterocycles. The number of benzene rings is 3. The van der Waals surface area contributed by atoms with E-state index in [4.69, 9.17) is 27.9 Å². The highest BCUT2D eigenvalue weighted by atomic mass is 35.5. The summed E-state index contributed by atoms with van der Waals surface area (Å²) in [5, 5.41) is 13.0. The van der Waals surface area contributed by atoms with Crippen molar-refractivity contribution in [3.63, 3.8) is 0 Å². The summed E-state index contributed by atoms with van der Waals surface area (Å²) in [5.74, 6) is 2.29. The number of nitrogens with one attached hydrogen (secondary N) is 2. The van der Waals surface area contributed by atoms with Gasteiger partial charge in [0.15, 0.2) is 5.84 Å². The van der Waals surface area contributed by atoms with Gasteiger partial charge in [0.1, 0.15) is 10.8 Å². The maximum atomic E-state index is 6.57. The van der Waals surface area contributed by atoms with Gasteiger partial charge in [0.05, 0.1) is 41.1 Å². The van der Waals surface area contributed by atoms with Gasteiger partial charge in [-0.3, -0.25) is 5.01 Å². The highest BCUT2D eigenvalue weighted by Gasteiger charge is 2.26. The number of halogens is 2. The SMILES string of the molecule is COc1ccc(CN2NNN=C2c2cnn(-c3cccc(Cl)c3Cl)c2SCc2ccccc2)cc1. The maximum absolute atomic E-state index is 6.57. The standard InChI is InChI=1S/C25H22Cl2N6OS/c1-34-19-12-10-17(11-13-19)15-32-24(29-30-31-32)20-14-28-33(22-9-5-8-21(26)23(22)27)25(20)35-16-18-6-3-2-4-7-18/h2-14,30-31H,15-16H2,1H3. The predicted molar refractivity (Wildman–Crippen MR) is 141 cm³/mol. The minimum absolute atomic E-state index is 0.449. The molecule has 0 bridgehead atoms. The van der Waals surface area contributed by atoms with Crippen molar-refractivity contribution < 1.29 is 4.74 Å². The first-order valence-electron chi connectivity index (χ1n) is 10.8. The van der Waals surface area contributed by atoms with Crippen molar-refractivity contribution in [3.05, 3.63) is 106 Å². The minimum atomic E-state index is 0.449. The predicted octanol–water partition coefficient (Wildman–Crippen LogP) is 5.67. The van der Waals surface area contributed by atoms with Gasteiger partial charge in [0, 0.05) is 5.75 Å². The van der Waals surface area contributed by atoms with Gasteiger partial charge in [-0.15, -0.1) is 22.4 Å². The molecule has 4 aromatic rings. The van der Waals surface area contributed by atoms with E-state index in [9.17, 15) is 0 Å². The molecule has 2 heterocycles. The van der Waals surface area contributed by atoms with Crippen molar-refractivity contribution in [3.8, 4) is 11.4 Å². The van der Waals surface area contributed by atoms with Crippen molar-refractivity contribution in [1.82, 2.24) is 25.9 Å². The van der Waals surface area contributed by atoms with Crippen LogP contribution in [0.5, 0.6) is 5.75 Å². The van der Waals surface area contributed by atoms with Crippen molar-refractivity contribution >= 4 is 40.8 Å². The van der Waals surface area contributed by atoms with Crippen LogP contribution in [-0.2, 0) is 12.3 Å². The summed E-state index contributed by atoms with van der Waals surface area (Å²) in [6.07, 6.45) is 1.80. The molecule has 7 nitrogen and oxygen atoms in total. The van der Waals surface area contributed by atoms with E-state index in [2.05, 4.69) is 33.4 Å². The van der Waals surface area contributed by atoms with Crippen LogP contribution in [0.25, 0.3) is 5.69 Å². The molecule has 0 aliphatic carbocycles. The van der Waals surface area contributed by atoms with Crippen molar-refractivity contribution in [2.45, 2.75) is 17.3 Å². The highest BCUT2D eigenvalue weighted by Crippen LogP contribution is 2.35. The number of hydrazone groups is 1. The van der Waals surface area contributed by atoms with Gasteiger partial charge >= 0.3 is 0 Å². The first-order chi connectivity index (χ1) is 17.1. The van der Waals surface area contributed by atoms with Gasteiger partial charge in [0.2, 0.25) is 0 Å². The zero-order valence-electron chi connectivity index (χ0n) is 18.8. The molecule has 2 N–H and O–H groups in total. The normalized spacial score (nSPS) is 13.0. The first-order valence-corrected chi connectivity index (χ1v) is 12.6. The molecule has 1 aliphatic rings. The van der Waals surface area contributed by atoms with Crippen LogP contribution in [-0.4, -0.2) is 27.7 Å². The van der Waals surface area contributed by atoms with Crippen LogP contribution in [0.1, 0.15) is 16.7 Å². The van der Waals surface area contributed by atoms with E-state index in [0.29, 0.717) is 22.3 Å². The van der Waals surface area contributed by atoms with E-state index < -0.39 is 0 Å². The molecular weight excluding hydrogens is 503 g/mol. The van der Waals surface area contributed by atoms with Crippen LogP contribution in [0.4, 0.5) is 0 Å². The van der Waals surface area contributed by atoms with Crippen LogP contribution in [0.2, 0.25) is 10.0 Å². The Bertz CT molecular complexity index is 1340. The molecular formula is C25H22Cl2N6OS. The summed E-state index contributed by atoms with van der Waals surface area (Å²) in [6, 6.07) is 23.7. The van der Waals surface area contributed by atoms with E-state index >= 15 is 0 Å². The number of hydrogen-bond acceptors (Lipinski definition) is 7. The summed E-state index contributed by atoms with van der Waals surface area (Å²) in [6.45, 7) is 0.585. The van der Waals surface area contributed by atoms with Gasteiger partial charge in [0.25, 0.3) is 0 Å². The number of hydrogen-bond donors (Lipinski definition) is 2. The molecule has 0 atom stereocenters. The molecule has 35 heavy (non-hydrogen) atoms. The third kappa shape index (κ3) is 5.11. The monoisotopic (exact) mass is 524 g/mol. The van der Waals surface area contributed by atoms with Crippen molar-refractivity contribution in [2.75, 3.05) is 7.11 Å². The number of aromatic nitrogens is 2. The number of thioether (sulfide) groups is 1. The molecule has 5 rings (SSSR count). The Balaban J connectivity index is 1.49. The van der Waals surface area contributed by atoms with E-state index in [-0.39, 0.29) is 0 Å². The second kappa shape index (κ2) is 10.6. The largest absolute Gasteiger partial charge is 0.497 e. The zero-order chi connectivity index (χ0) is 24.2. The van der Waals surface area contributed by atoms with Gasteiger partial charge < -0.3 is 4.74 Å². The molecule has 0 radical (unpaired) electrons. The third-order valence-electron chi connectivity index (χ3n) is 5.45. The number of hydrazine groups is 2. The average molecular weight is 525 g/mol. The molecule has 0 fully saturated rings. The molecule has 0 unspecified atom stereocenters. The Kier molecular flexibility index (Phi) is 7.15. The van der Waals surface area contributed by atoms with Crippen LogP contribution >= 0.6 is 35.0 Å². The van der Waals surface area contributed by atoms with Crippen LogP contribution in [0, 0.1) is 0 Å². The smallest absolute Gasteiger partial charge is 0.177 e. The first kappa shape index (κ1) is 23.6. The Hall–Kier alpha value is -3.17. The average Bonchev–Trinajstić information content (AvgIpc) is 3.52. The van der Waals surface area contributed by atoms with Gasteiger partial charge in [-0.25, -0.2) is 10.2 Å². The number of amidine groups is 1. The second-order valence-electron chi connectivity index (χ2n) is 7.72. The fourth-order valence-corrected chi connectivity index (χ4v) is 5.11. The number of rotatable bonds is 8. The summed E-state index contributed by atoms with van der Waals surface area (Å²) in [5.41, 5.74) is 9.86. The second-order valence-corrected chi connectivity index (χ2v) is 9.46. The van der Waals surface area contributed by atoms with E-state index in [1.54, 1.807) is 31.1 Å². The maximum Gasteiger partial charge on any atom is 0.177 e. The van der Waals surface area contributed by atoms with Crippen LogP contribution < -0.4 is 15.8 Å². The van der Waals surface area contributed by atoms with E-state index in [1.165, 1.54) is 5.56 Å². The Labute approximate surface area is 217 Å². The Morgan fingerprint density at radius 3 is 2.51 bits per heavy atom. The van der Waals surface area contributed by atoms with Crippen molar-refractivity contribution in [1.29, 1.82) is 0 Å². The third-order valence-corrected chi connectivity index (χ3v) is 7.40. The lowest BCUT2D eigenvalue weighted by molar-refractivity contribution is 0.287. The number of nitrogens with zero attached hydrogens (tertiary/aromatic N) is 4. The molecule has 1 aliphatic heterocycles. The molecule has 0 saturated carbocycles. The number of methoxy groups -OCH3 is 1. The highest BCUT2D eigenvalue weighted by molar-refractivity contribution is 7.98. The lowest BCUT2D eigenvalue weighted by Gasteiger charge is -2.19. The summed E-state index contributed by atoms with van der Waals surface area (Å²) < 4.78 is 7.10. The summed E-state index contributed by atoms with van der Waals surface area (Å²) >= 11 is 14.5. The lowest BCUT2D eigenvalue weighted by atomic mass is 10.2. The zero-order valence-corrected chi connectivity index (χ0v) is 21.1. The molecule has 10 heteroatoms. The van der Waals surface area contributed by atoms with Crippen LogP contribution in [0.3, 0.4) is 0 Å². The summed E-state index contributed by atoms with van der Waals surface area (Å²) in [7, 11) is 1.66. The fraction of sp³-hybridized carbons (Fsp3) is 0.120. The summed E-state index contributed by atoms with van der Waals surface area (Å²) in [4.78, 5) is 0. The van der Waals surface area contributed by atoms with E-state index in [0.717, 1.165) is 33.5 Å². The minimum Gasteiger partial charge on any atom is -0.497 e. The van der Waals surface area contributed by atoms with E-state index in [1.807, 2.05) is 64.3 Å². The van der Waals surface area contributed by atoms with Crippen molar-refractivity contribution in [2.24, 2.45) is 5.10 Å². The van der Waals surface area contributed by atoms with Gasteiger partial charge in [-0.1, -0.05) is 71.7 Å². The topological polar surface area (TPSA) is 66.7 Å². The van der Waals surface area contributed by atoms with Crippen LogP contribution in [0.15, 0.2) is 89.1 Å². The number of ether oxygens (including phenoxy) is 1. The molecule has 0 spiro atoms. The van der Waals surface area contributed by atoms with Gasteiger partial charge in [-0.2, -0.15) is 5.10 Å². The Morgan fingerprint density at radius 1 is 0.943 bits per heavy atom. The quantitative estimate of drug-likeness (QED) is 0.289. The molecule has 0 amide bonds. The van der Waals surface area contributed by atoms with Gasteiger partial charge in [-0.05, 0) is 35.4 Å². The Morgan fingerprint density at radius 2 is 1.74 bits per heavy atom. The lowest BCUT2D eigenvalue weighted by Crippen LogP contribution is -2.40. The molecule has 3 aromatic carbocycles. The molecule has 1 aromatic heterocycles.